The minimum Gasteiger partial charge on any atom is -0.506 e. The van der Waals surface area contributed by atoms with E-state index >= 15 is 0 Å². The molecule has 0 amide bonds. The lowest BCUT2D eigenvalue weighted by atomic mass is 9.99. The number of thiophene rings is 1. The number of phenolic OH excluding ortho intramolecular Hbond substituents is 1. The zero-order chi connectivity index (χ0) is 22.4. The fourth-order valence-corrected chi connectivity index (χ4v) is 6.90. The summed E-state index contributed by atoms with van der Waals surface area (Å²) in [6.07, 6.45) is 6.15. The number of rotatable bonds is 4. The summed E-state index contributed by atoms with van der Waals surface area (Å²) in [6, 6.07) is 7.67. The zero-order valence-electron chi connectivity index (χ0n) is 19.5. The number of fused-ring (bicyclic) bond motifs is 3. The van der Waals surface area contributed by atoms with Crippen molar-refractivity contribution >= 4 is 33.1 Å². The standard InChI is InChI=1S/C26H33N5OS/c1-18-9-11-29(12-10-18)17-23-27-25(24-19-5-4-8-22(19)33-26(24)28-23)31-15-13-30(14-16-31)20-6-2-3-7-21(20)32/h2-3,6-7,18,32H,4-5,8-17H2,1H3. The normalized spacial score (nSPS) is 20.0. The molecule has 0 saturated carbocycles. The van der Waals surface area contributed by atoms with Gasteiger partial charge in [0.25, 0.3) is 0 Å². The van der Waals surface area contributed by atoms with Gasteiger partial charge in [0.2, 0.25) is 0 Å². The molecule has 7 heteroatoms. The Morgan fingerprint density at radius 1 is 0.970 bits per heavy atom. The molecule has 1 N–H and O–H groups in total. The summed E-state index contributed by atoms with van der Waals surface area (Å²) in [6.45, 7) is 9.10. The van der Waals surface area contributed by atoms with Gasteiger partial charge in [-0.3, -0.25) is 4.90 Å². The number of para-hydroxylation sites is 2. The van der Waals surface area contributed by atoms with E-state index in [0.717, 1.165) is 75.5 Å². The van der Waals surface area contributed by atoms with Crippen LogP contribution in [0, 0.1) is 5.92 Å². The van der Waals surface area contributed by atoms with Gasteiger partial charge in [0.15, 0.2) is 0 Å². The van der Waals surface area contributed by atoms with Crippen LogP contribution in [0.3, 0.4) is 0 Å². The van der Waals surface area contributed by atoms with Gasteiger partial charge in [-0.1, -0.05) is 19.1 Å². The quantitative estimate of drug-likeness (QED) is 0.617. The SMILES string of the molecule is CC1CCN(Cc2nc(N3CCN(c4ccccc4O)CC3)c3c4c(sc3n2)CCC4)CC1. The summed E-state index contributed by atoms with van der Waals surface area (Å²) < 4.78 is 0. The van der Waals surface area contributed by atoms with Crippen LogP contribution in [0.4, 0.5) is 11.5 Å². The van der Waals surface area contributed by atoms with Gasteiger partial charge in [0.1, 0.15) is 22.2 Å². The fourth-order valence-electron chi connectivity index (χ4n) is 5.63. The smallest absolute Gasteiger partial charge is 0.146 e. The number of hydrogen-bond donors (Lipinski definition) is 1. The molecule has 174 valence electrons. The Morgan fingerprint density at radius 3 is 2.52 bits per heavy atom. The zero-order valence-corrected chi connectivity index (χ0v) is 20.3. The van der Waals surface area contributed by atoms with Crippen molar-refractivity contribution in [3.05, 3.63) is 40.5 Å². The minimum atomic E-state index is 0.365. The average Bonchev–Trinajstić information content (AvgIpc) is 3.42. The number of phenols is 1. The number of piperidine rings is 1. The molecule has 2 saturated heterocycles. The first kappa shape index (κ1) is 21.2. The van der Waals surface area contributed by atoms with Crippen LogP contribution >= 0.6 is 11.3 Å². The van der Waals surface area contributed by atoms with Crippen molar-refractivity contribution in [2.24, 2.45) is 5.92 Å². The molecule has 0 unspecified atom stereocenters. The summed E-state index contributed by atoms with van der Waals surface area (Å²) in [5, 5.41) is 11.6. The van der Waals surface area contributed by atoms with Crippen molar-refractivity contribution in [1.29, 1.82) is 0 Å². The number of aryl methyl sites for hydroxylation is 2. The van der Waals surface area contributed by atoms with Crippen molar-refractivity contribution in [1.82, 2.24) is 14.9 Å². The van der Waals surface area contributed by atoms with Crippen molar-refractivity contribution in [3.63, 3.8) is 0 Å². The van der Waals surface area contributed by atoms with E-state index in [9.17, 15) is 5.11 Å². The summed E-state index contributed by atoms with van der Waals surface area (Å²) in [4.78, 5) is 20.3. The highest BCUT2D eigenvalue weighted by atomic mass is 32.1. The van der Waals surface area contributed by atoms with Crippen LogP contribution < -0.4 is 9.80 Å². The Hall–Kier alpha value is -2.38. The second-order valence-electron chi connectivity index (χ2n) is 9.92. The van der Waals surface area contributed by atoms with Gasteiger partial charge in [0.05, 0.1) is 17.6 Å². The average molecular weight is 464 g/mol. The van der Waals surface area contributed by atoms with Crippen LogP contribution in [0.15, 0.2) is 24.3 Å². The largest absolute Gasteiger partial charge is 0.506 e. The molecule has 6 nitrogen and oxygen atoms in total. The number of benzene rings is 1. The summed E-state index contributed by atoms with van der Waals surface area (Å²) in [7, 11) is 0. The maximum absolute atomic E-state index is 10.3. The van der Waals surface area contributed by atoms with E-state index in [-0.39, 0.29) is 0 Å². The van der Waals surface area contributed by atoms with Crippen LogP contribution in [-0.4, -0.2) is 59.2 Å². The molecule has 3 aliphatic rings. The van der Waals surface area contributed by atoms with E-state index in [0.29, 0.717) is 5.75 Å². The van der Waals surface area contributed by atoms with E-state index in [1.807, 2.05) is 29.5 Å². The fraction of sp³-hybridized carbons (Fsp3) is 0.538. The third-order valence-electron chi connectivity index (χ3n) is 7.63. The Kier molecular flexibility index (Phi) is 5.62. The van der Waals surface area contributed by atoms with Gasteiger partial charge in [0, 0.05) is 31.1 Å². The number of anilines is 2. The highest BCUT2D eigenvalue weighted by Crippen LogP contribution is 2.41. The lowest BCUT2D eigenvalue weighted by molar-refractivity contribution is 0.181. The van der Waals surface area contributed by atoms with Crippen LogP contribution in [0.1, 0.15) is 42.5 Å². The van der Waals surface area contributed by atoms with Crippen LogP contribution in [-0.2, 0) is 19.4 Å². The molecule has 0 bridgehead atoms. The van der Waals surface area contributed by atoms with Crippen LogP contribution in [0.25, 0.3) is 10.2 Å². The first-order valence-electron chi connectivity index (χ1n) is 12.5. The number of aromatic hydroxyl groups is 1. The van der Waals surface area contributed by atoms with Crippen molar-refractivity contribution in [2.75, 3.05) is 49.1 Å². The van der Waals surface area contributed by atoms with Gasteiger partial charge in [-0.2, -0.15) is 0 Å². The van der Waals surface area contributed by atoms with Crippen molar-refractivity contribution in [2.45, 2.75) is 45.6 Å². The Bertz CT molecular complexity index is 1150. The van der Waals surface area contributed by atoms with Crippen molar-refractivity contribution < 1.29 is 5.11 Å². The Balaban J connectivity index is 1.29. The molecule has 2 fully saturated rings. The van der Waals surface area contributed by atoms with Crippen LogP contribution in [0.5, 0.6) is 5.75 Å². The lowest BCUT2D eigenvalue weighted by Gasteiger charge is -2.37. The molecular weight excluding hydrogens is 430 g/mol. The number of piperazine rings is 1. The lowest BCUT2D eigenvalue weighted by Crippen LogP contribution is -2.47. The molecule has 33 heavy (non-hydrogen) atoms. The molecule has 3 aromatic rings. The molecule has 1 aromatic carbocycles. The molecule has 1 aliphatic carbocycles. The highest BCUT2D eigenvalue weighted by Gasteiger charge is 2.28. The van der Waals surface area contributed by atoms with E-state index in [2.05, 4.69) is 21.6 Å². The first-order chi connectivity index (χ1) is 16.2. The molecule has 4 heterocycles. The maximum Gasteiger partial charge on any atom is 0.146 e. The number of nitrogens with zero attached hydrogens (tertiary/aromatic N) is 5. The van der Waals surface area contributed by atoms with Gasteiger partial charge in [-0.05, 0) is 68.8 Å². The van der Waals surface area contributed by atoms with E-state index in [4.69, 9.17) is 9.97 Å². The number of hydrogen-bond acceptors (Lipinski definition) is 7. The molecular formula is C26H33N5OS. The van der Waals surface area contributed by atoms with Crippen molar-refractivity contribution in [3.8, 4) is 5.75 Å². The van der Waals surface area contributed by atoms with Gasteiger partial charge < -0.3 is 14.9 Å². The molecule has 6 rings (SSSR count). The van der Waals surface area contributed by atoms with E-state index < -0.39 is 0 Å². The van der Waals surface area contributed by atoms with Gasteiger partial charge in [-0.15, -0.1) is 11.3 Å². The molecule has 2 aliphatic heterocycles. The molecule has 0 radical (unpaired) electrons. The Labute approximate surface area is 199 Å². The minimum absolute atomic E-state index is 0.365. The molecule has 0 atom stereocenters. The Morgan fingerprint density at radius 2 is 1.73 bits per heavy atom. The third-order valence-corrected chi connectivity index (χ3v) is 8.82. The predicted octanol–water partition coefficient (Wildman–Crippen LogP) is 4.44. The number of likely N-dealkylation sites (tertiary alicyclic amines) is 1. The molecule has 2 aromatic heterocycles. The highest BCUT2D eigenvalue weighted by molar-refractivity contribution is 7.19. The first-order valence-corrected chi connectivity index (χ1v) is 13.3. The number of aromatic nitrogens is 2. The van der Waals surface area contributed by atoms with E-state index in [1.54, 1.807) is 6.07 Å². The predicted molar refractivity (Wildman–Crippen MR) is 136 cm³/mol. The monoisotopic (exact) mass is 463 g/mol. The summed E-state index contributed by atoms with van der Waals surface area (Å²) >= 11 is 1.90. The molecule has 0 spiro atoms. The summed E-state index contributed by atoms with van der Waals surface area (Å²) in [5.74, 6) is 3.33. The third kappa shape index (κ3) is 4.06. The maximum atomic E-state index is 10.3. The summed E-state index contributed by atoms with van der Waals surface area (Å²) in [5.41, 5.74) is 2.44. The van der Waals surface area contributed by atoms with Gasteiger partial charge in [-0.25, -0.2) is 9.97 Å². The second-order valence-corrected chi connectivity index (χ2v) is 11.0. The second kappa shape index (κ2) is 8.76. The van der Waals surface area contributed by atoms with Gasteiger partial charge >= 0.3 is 0 Å². The van der Waals surface area contributed by atoms with Crippen LogP contribution in [0.2, 0.25) is 0 Å². The topological polar surface area (TPSA) is 55.7 Å². The van der Waals surface area contributed by atoms with E-state index in [1.165, 1.54) is 46.3 Å².